The van der Waals surface area contributed by atoms with E-state index < -0.39 is 6.10 Å². The minimum absolute atomic E-state index is 0.149. The molecular formula is C20H25NO4. The minimum atomic E-state index is -0.514. The predicted octanol–water partition coefficient (Wildman–Crippen LogP) is 2.59. The van der Waals surface area contributed by atoms with E-state index in [1.807, 2.05) is 54.6 Å². The van der Waals surface area contributed by atoms with E-state index in [1.165, 1.54) is 0 Å². The Balaban J connectivity index is 1.39. The molecule has 0 bridgehead atoms. The average Bonchev–Trinajstić information content (AvgIpc) is 3.08. The largest absolute Gasteiger partial charge is 0.497 e. The molecule has 1 heterocycles. The van der Waals surface area contributed by atoms with Crippen molar-refractivity contribution in [2.45, 2.75) is 18.6 Å². The summed E-state index contributed by atoms with van der Waals surface area (Å²) < 4.78 is 16.8. The van der Waals surface area contributed by atoms with Crippen molar-refractivity contribution in [3.63, 3.8) is 0 Å². The molecule has 2 aromatic rings. The van der Waals surface area contributed by atoms with E-state index in [4.69, 9.17) is 14.2 Å². The summed E-state index contributed by atoms with van der Waals surface area (Å²) in [4.78, 5) is 2.22. The van der Waals surface area contributed by atoms with E-state index in [9.17, 15) is 5.11 Å². The molecule has 1 saturated heterocycles. The topological polar surface area (TPSA) is 51.2 Å². The third kappa shape index (κ3) is 5.37. The monoisotopic (exact) mass is 343 g/mol. The molecule has 1 aliphatic rings. The number of aliphatic hydroxyl groups excluding tert-OH is 1. The highest BCUT2D eigenvalue weighted by molar-refractivity contribution is 5.31. The Bertz CT molecular complexity index is 632. The Morgan fingerprint density at radius 3 is 2.48 bits per heavy atom. The molecule has 2 aromatic carbocycles. The van der Waals surface area contributed by atoms with E-state index in [1.54, 1.807) is 7.11 Å². The highest BCUT2D eigenvalue weighted by Crippen LogP contribution is 2.21. The van der Waals surface area contributed by atoms with E-state index in [0.29, 0.717) is 13.2 Å². The molecule has 5 nitrogen and oxygen atoms in total. The summed E-state index contributed by atoms with van der Waals surface area (Å²) in [5, 5.41) is 10.2. The van der Waals surface area contributed by atoms with Gasteiger partial charge in [-0.1, -0.05) is 18.2 Å². The zero-order chi connectivity index (χ0) is 17.5. The summed E-state index contributed by atoms with van der Waals surface area (Å²) in [6.45, 7) is 2.62. The number of β-amino-alcohol motifs (C(OH)–C–C–N with tert-alkyl or cyclic N) is 1. The summed E-state index contributed by atoms with van der Waals surface area (Å²) in [5.41, 5.74) is 0. The fourth-order valence-corrected chi connectivity index (χ4v) is 2.97. The molecule has 2 atom stereocenters. The molecule has 0 radical (unpaired) electrons. The second-order valence-corrected chi connectivity index (χ2v) is 6.24. The first kappa shape index (κ1) is 17.6. The number of hydrogen-bond donors (Lipinski definition) is 1. The lowest BCUT2D eigenvalue weighted by Crippen LogP contribution is -2.35. The number of rotatable bonds is 8. The first-order valence-corrected chi connectivity index (χ1v) is 8.62. The zero-order valence-corrected chi connectivity index (χ0v) is 14.5. The van der Waals surface area contributed by atoms with E-state index in [0.717, 1.165) is 36.8 Å². The fraction of sp³-hybridized carbons (Fsp3) is 0.400. The Morgan fingerprint density at radius 2 is 1.76 bits per heavy atom. The van der Waals surface area contributed by atoms with Crippen molar-refractivity contribution in [2.24, 2.45) is 0 Å². The maximum atomic E-state index is 10.2. The quantitative estimate of drug-likeness (QED) is 0.798. The highest BCUT2D eigenvalue weighted by Gasteiger charge is 2.25. The average molecular weight is 343 g/mol. The summed E-state index contributed by atoms with van der Waals surface area (Å²) in [6.07, 6.45) is 0.591. The Labute approximate surface area is 148 Å². The fourth-order valence-electron chi connectivity index (χ4n) is 2.97. The number of para-hydroxylation sites is 1. The molecule has 25 heavy (non-hydrogen) atoms. The number of likely N-dealkylation sites (tertiary alicyclic amines) is 1. The lowest BCUT2D eigenvalue weighted by Gasteiger charge is -2.20. The number of methoxy groups -OCH3 is 1. The predicted molar refractivity (Wildman–Crippen MR) is 96.4 cm³/mol. The van der Waals surface area contributed by atoms with Gasteiger partial charge in [0.1, 0.15) is 36.1 Å². The molecule has 0 aliphatic carbocycles. The van der Waals surface area contributed by atoms with Crippen molar-refractivity contribution in [3.8, 4) is 17.2 Å². The van der Waals surface area contributed by atoms with Crippen molar-refractivity contribution < 1.29 is 19.3 Å². The van der Waals surface area contributed by atoms with Gasteiger partial charge in [-0.15, -0.1) is 0 Å². The van der Waals surface area contributed by atoms with Crippen LogP contribution in [-0.4, -0.2) is 55.6 Å². The second-order valence-electron chi connectivity index (χ2n) is 6.24. The first-order valence-electron chi connectivity index (χ1n) is 8.62. The second kappa shape index (κ2) is 8.74. The van der Waals surface area contributed by atoms with Crippen LogP contribution in [0.15, 0.2) is 54.6 Å². The van der Waals surface area contributed by atoms with Crippen LogP contribution in [0.1, 0.15) is 6.42 Å². The number of benzene rings is 2. The van der Waals surface area contributed by atoms with Crippen molar-refractivity contribution in [2.75, 3.05) is 33.4 Å². The van der Waals surface area contributed by atoms with Crippen LogP contribution >= 0.6 is 0 Å². The van der Waals surface area contributed by atoms with Crippen LogP contribution in [0, 0.1) is 0 Å². The van der Waals surface area contributed by atoms with Gasteiger partial charge in [0.25, 0.3) is 0 Å². The molecule has 0 saturated carbocycles. The maximum Gasteiger partial charge on any atom is 0.120 e. The maximum absolute atomic E-state index is 10.2. The summed E-state index contributed by atoms with van der Waals surface area (Å²) in [5.74, 6) is 2.45. The molecule has 1 N–H and O–H groups in total. The molecule has 0 spiro atoms. The van der Waals surface area contributed by atoms with Gasteiger partial charge in [0.2, 0.25) is 0 Å². The molecular weight excluding hydrogens is 318 g/mol. The van der Waals surface area contributed by atoms with E-state index in [2.05, 4.69) is 4.90 Å². The summed E-state index contributed by atoms with van der Waals surface area (Å²) >= 11 is 0. The molecule has 1 aliphatic heterocycles. The number of aliphatic hydroxyl groups is 1. The Morgan fingerprint density at radius 1 is 1.04 bits per heavy atom. The molecule has 0 aromatic heterocycles. The van der Waals surface area contributed by atoms with Crippen LogP contribution in [0.25, 0.3) is 0 Å². The highest BCUT2D eigenvalue weighted by atomic mass is 16.5. The number of ether oxygens (including phenoxy) is 3. The van der Waals surface area contributed by atoms with Crippen LogP contribution in [0.5, 0.6) is 17.2 Å². The standard InChI is InChI=1S/C20H25NO4/c1-23-17-7-9-19(10-8-17)25-20-11-12-21(14-20)13-16(22)15-24-18-5-3-2-4-6-18/h2-10,16,20,22H,11-15H2,1H3. The summed E-state index contributed by atoms with van der Waals surface area (Å²) in [7, 11) is 1.65. The van der Waals surface area contributed by atoms with Crippen LogP contribution < -0.4 is 14.2 Å². The smallest absolute Gasteiger partial charge is 0.120 e. The lowest BCUT2D eigenvalue weighted by molar-refractivity contribution is 0.0720. The van der Waals surface area contributed by atoms with Crippen LogP contribution in [0.2, 0.25) is 0 Å². The van der Waals surface area contributed by atoms with E-state index in [-0.39, 0.29) is 6.10 Å². The molecule has 0 amide bonds. The van der Waals surface area contributed by atoms with Crippen LogP contribution in [0.3, 0.4) is 0 Å². The van der Waals surface area contributed by atoms with Gasteiger partial charge >= 0.3 is 0 Å². The van der Waals surface area contributed by atoms with Gasteiger partial charge in [-0.3, -0.25) is 4.90 Å². The molecule has 2 unspecified atom stereocenters. The van der Waals surface area contributed by atoms with Crippen molar-refractivity contribution in [3.05, 3.63) is 54.6 Å². The van der Waals surface area contributed by atoms with Gasteiger partial charge in [-0.25, -0.2) is 0 Å². The zero-order valence-electron chi connectivity index (χ0n) is 14.5. The van der Waals surface area contributed by atoms with Gasteiger partial charge in [0.15, 0.2) is 0 Å². The van der Waals surface area contributed by atoms with E-state index >= 15 is 0 Å². The van der Waals surface area contributed by atoms with Gasteiger partial charge in [0.05, 0.1) is 7.11 Å². The molecule has 5 heteroatoms. The molecule has 134 valence electrons. The van der Waals surface area contributed by atoms with Gasteiger partial charge in [0, 0.05) is 19.6 Å². The number of nitrogens with zero attached hydrogens (tertiary/aromatic N) is 1. The van der Waals surface area contributed by atoms with Crippen molar-refractivity contribution >= 4 is 0 Å². The lowest BCUT2D eigenvalue weighted by atomic mass is 10.3. The molecule has 3 rings (SSSR count). The van der Waals surface area contributed by atoms with Crippen LogP contribution in [-0.2, 0) is 0 Å². The minimum Gasteiger partial charge on any atom is -0.497 e. The third-order valence-electron chi connectivity index (χ3n) is 4.25. The van der Waals surface area contributed by atoms with Gasteiger partial charge in [-0.05, 0) is 42.8 Å². The van der Waals surface area contributed by atoms with Crippen molar-refractivity contribution in [1.29, 1.82) is 0 Å². The van der Waals surface area contributed by atoms with Crippen LogP contribution in [0.4, 0.5) is 0 Å². The Kier molecular flexibility index (Phi) is 6.14. The molecule has 1 fully saturated rings. The Hall–Kier alpha value is -2.24. The SMILES string of the molecule is COc1ccc(OC2CCN(CC(O)COc3ccccc3)C2)cc1. The van der Waals surface area contributed by atoms with Crippen molar-refractivity contribution in [1.82, 2.24) is 4.90 Å². The van der Waals surface area contributed by atoms with Gasteiger partial charge < -0.3 is 19.3 Å². The first-order chi connectivity index (χ1) is 12.2. The number of hydrogen-bond acceptors (Lipinski definition) is 5. The normalized spacial score (nSPS) is 18.7. The van der Waals surface area contributed by atoms with Gasteiger partial charge in [-0.2, -0.15) is 0 Å². The summed E-state index contributed by atoms with van der Waals surface area (Å²) in [6, 6.07) is 17.2. The third-order valence-corrected chi connectivity index (χ3v) is 4.25.